The number of hydrogen-bond donors (Lipinski definition) is 3. The van der Waals surface area contributed by atoms with Crippen molar-refractivity contribution in [2.75, 3.05) is 13.1 Å². The summed E-state index contributed by atoms with van der Waals surface area (Å²) in [6, 6.07) is 0. The highest BCUT2D eigenvalue weighted by molar-refractivity contribution is 5.80. The molecular formula is C8H18N4. The molecule has 0 aliphatic heterocycles. The Kier molecular flexibility index (Phi) is 6.09. The second-order valence-electron chi connectivity index (χ2n) is 2.61. The summed E-state index contributed by atoms with van der Waals surface area (Å²) in [5.41, 5.74) is 10.6. The topological polar surface area (TPSA) is 76.4 Å². The van der Waals surface area contributed by atoms with Gasteiger partial charge in [0, 0.05) is 6.54 Å². The molecule has 0 radical (unpaired) electrons. The summed E-state index contributed by atoms with van der Waals surface area (Å²) in [4.78, 5) is 4.21. The average Bonchev–Trinajstić information content (AvgIpc) is 1.97. The molecule has 0 rings (SSSR count). The van der Waals surface area contributed by atoms with Gasteiger partial charge >= 0.3 is 0 Å². The number of nitrogens with zero attached hydrogens (tertiary/aromatic N) is 1. The predicted molar refractivity (Wildman–Crippen MR) is 52.7 cm³/mol. The van der Waals surface area contributed by atoms with E-state index < -0.39 is 0 Å². The third kappa shape index (κ3) is 7.08. The van der Waals surface area contributed by atoms with E-state index in [0.717, 1.165) is 31.8 Å². The molecule has 12 heavy (non-hydrogen) atoms. The molecule has 0 aromatic carbocycles. The molecule has 70 valence electrons. The second kappa shape index (κ2) is 6.67. The van der Waals surface area contributed by atoms with Crippen LogP contribution >= 0.6 is 0 Å². The summed E-state index contributed by atoms with van der Waals surface area (Å²) in [5, 5.41) is 2.82. The Morgan fingerprint density at radius 3 is 2.67 bits per heavy atom. The van der Waals surface area contributed by atoms with Gasteiger partial charge in [0.2, 0.25) is 0 Å². The molecule has 0 aromatic heterocycles. The Bertz CT molecular complexity index is 162. The van der Waals surface area contributed by atoms with E-state index in [0.29, 0.717) is 5.82 Å². The third-order valence-corrected chi connectivity index (χ3v) is 1.30. The smallest absolute Gasteiger partial charge is 0.0986 e. The molecule has 0 amide bonds. The summed E-state index contributed by atoms with van der Waals surface area (Å²) in [6.45, 7) is 6.89. The Morgan fingerprint density at radius 2 is 2.17 bits per heavy atom. The van der Waals surface area contributed by atoms with Crippen LogP contribution in [0.4, 0.5) is 0 Å². The highest BCUT2D eigenvalue weighted by atomic mass is 15.0. The van der Waals surface area contributed by atoms with E-state index in [9.17, 15) is 0 Å². The maximum atomic E-state index is 5.33. The van der Waals surface area contributed by atoms with E-state index in [-0.39, 0.29) is 0 Å². The number of rotatable bonds is 5. The summed E-state index contributed by atoms with van der Waals surface area (Å²) in [6.07, 6.45) is 2.03. The van der Waals surface area contributed by atoms with Crippen LogP contribution in [-0.4, -0.2) is 18.9 Å². The van der Waals surface area contributed by atoms with Crippen LogP contribution in [0, 0.1) is 0 Å². The van der Waals surface area contributed by atoms with Gasteiger partial charge in [-0.3, -0.25) is 4.99 Å². The van der Waals surface area contributed by atoms with Gasteiger partial charge in [-0.15, -0.1) is 0 Å². The first-order valence-corrected chi connectivity index (χ1v) is 4.09. The summed E-state index contributed by atoms with van der Waals surface area (Å²) >= 11 is 0. The Morgan fingerprint density at radius 1 is 1.50 bits per heavy atom. The molecule has 0 saturated carbocycles. The van der Waals surface area contributed by atoms with Crippen LogP contribution in [0.2, 0.25) is 0 Å². The van der Waals surface area contributed by atoms with Gasteiger partial charge in [0.1, 0.15) is 0 Å². The second-order valence-corrected chi connectivity index (χ2v) is 2.61. The van der Waals surface area contributed by atoms with Crippen molar-refractivity contribution in [1.82, 2.24) is 5.32 Å². The fourth-order valence-corrected chi connectivity index (χ4v) is 0.775. The quantitative estimate of drug-likeness (QED) is 0.312. The minimum atomic E-state index is 0.426. The highest BCUT2D eigenvalue weighted by Gasteiger charge is 1.88. The molecule has 0 spiro atoms. The highest BCUT2D eigenvalue weighted by Crippen LogP contribution is 1.87. The van der Waals surface area contributed by atoms with Gasteiger partial charge in [0.15, 0.2) is 0 Å². The molecular weight excluding hydrogens is 152 g/mol. The zero-order valence-electron chi connectivity index (χ0n) is 7.64. The van der Waals surface area contributed by atoms with Crippen molar-refractivity contribution in [1.29, 1.82) is 0 Å². The molecule has 0 unspecified atom stereocenters. The molecule has 0 aromatic rings. The lowest BCUT2D eigenvalue weighted by Crippen LogP contribution is -2.24. The van der Waals surface area contributed by atoms with Crippen molar-refractivity contribution in [3.8, 4) is 0 Å². The maximum absolute atomic E-state index is 5.33. The maximum Gasteiger partial charge on any atom is 0.0986 e. The number of aliphatic imine (C=N–C) groups is 1. The molecule has 4 nitrogen and oxygen atoms in total. The zero-order valence-corrected chi connectivity index (χ0v) is 7.64. The van der Waals surface area contributed by atoms with Gasteiger partial charge in [-0.1, -0.05) is 6.58 Å². The minimum absolute atomic E-state index is 0.426. The summed E-state index contributed by atoms with van der Waals surface area (Å²) in [5.74, 6) is 1.23. The van der Waals surface area contributed by atoms with Crippen molar-refractivity contribution >= 4 is 5.84 Å². The van der Waals surface area contributed by atoms with Gasteiger partial charge in [-0.25, -0.2) is 0 Å². The first kappa shape index (κ1) is 11.0. The Labute approximate surface area is 73.7 Å². The summed E-state index contributed by atoms with van der Waals surface area (Å²) < 4.78 is 0. The number of amidine groups is 1. The van der Waals surface area contributed by atoms with E-state index in [1.165, 1.54) is 0 Å². The molecule has 0 aliphatic rings. The number of nitrogens with two attached hydrogens (primary N) is 2. The Balaban J connectivity index is 3.48. The molecule has 4 heteroatoms. The first-order chi connectivity index (χ1) is 5.66. The number of unbranched alkanes of at least 4 members (excludes halogenated alkanes) is 1. The van der Waals surface area contributed by atoms with Crippen molar-refractivity contribution in [3.63, 3.8) is 0 Å². The molecule has 0 bridgehead atoms. The third-order valence-electron chi connectivity index (χ3n) is 1.30. The molecule has 0 saturated heterocycles. The lowest BCUT2D eigenvalue weighted by Gasteiger charge is -2.03. The largest absolute Gasteiger partial charge is 0.386 e. The SMILES string of the molecule is C=C(N)NC(C)=NCCCCN. The predicted octanol–water partition coefficient (Wildman–Crippen LogP) is 0.163. The van der Waals surface area contributed by atoms with Crippen LogP contribution in [0.1, 0.15) is 19.8 Å². The monoisotopic (exact) mass is 170 g/mol. The Hall–Kier alpha value is -1.03. The molecule has 5 N–H and O–H groups in total. The van der Waals surface area contributed by atoms with Crippen molar-refractivity contribution in [2.24, 2.45) is 16.5 Å². The molecule has 0 atom stereocenters. The van der Waals surface area contributed by atoms with Gasteiger partial charge in [-0.05, 0) is 26.3 Å². The van der Waals surface area contributed by atoms with Crippen LogP contribution in [-0.2, 0) is 0 Å². The van der Waals surface area contributed by atoms with E-state index in [2.05, 4.69) is 16.9 Å². The van der Waals surface area contributed by atoms with E-state index in [1.54, 1.807) is 0 Å². The minimum Gasteiger partial charge on any atom is -0.386 e. The number of hydrogen-bond acceptors (Lipinski definition) is 3. The van der Waals surface area contributed by atoms with Crippen LogP contribution in [0.3, 0.4) is 0 Å². The fraction of sp³-hybridized carbons (Fsp3) is 0.625. The van der Waals surface area contributed by atoms with Crippen molar-refractivity contribution in [2.45, 2.75) is 19.8 Å². The van der Waals surface area contributed by atoms with Crippen molar-refractivity contribution < 1.29 is 0 Å². The van der Waals surface area contributed by atoms with E-state index in [1.807, 2.05) is 6.92 Å². The number of nitrogens with one attached hydrogen (secondary N) is 1. The lowest BCUT2D eigenvalue weighted by molar-refractivity contribution is 0.753. The first-order valence-electron chi connectivity index (χ1n) is 4.09. The van der Waals surface area contributed by atoms with Gasteiger partial charge < -0.3 is 16.8 Å². The van der Waals surface area contributed by atoms with Gasteiger partial charge in [0.25, 0.3) is 0 Å². The van der Waals surface area contributed by atoms with Crippen LogP contribution in [0.15, 0.2) is 17.4 Å². The fourth-order valence-electron chi connectivity index (χ4n) is 0.775. The average molecular weight is 170 g/mol. The molecule has 0 fully saturated rings. The molecule has 0 aliphatic carbocycles. The van der Waals surface area contributed by atoms with Crippen molar-refractivity contribution in [3.05, 3.63) is 12.4 Å². The lowest BCUT2D eigenvalue weighted by atomic mass is 10.3. The van der Waals surface area contributed by atoms with E-state index in [4.69, 9.17) is 11.5 Å². The van der Waals surface area contributed by atoms with Crippen LogP contribution in [0.5, 0.6) is 0 Å². The van der Waals surface area contributed by atoms with Crippen LogP contribution < -0.4 is 16.8 Å². The molecule has 0 heterocycles. The zero-order chi connectivity index (χ0) is 9.40. The normalized spacial score (nSPS) is 11.3. The standard InChI is InChI=1S/C8H18N4/c1-7(10)12-8(2)11-6-4-3-5-9/h1,3-6,9-10H2,2H3,(H,11,12). The van der Waals surface area contributed by atoms with Gasteiger partial charge in [0.05, 0.1) is 11.7 Å². The van der Waals surface area contributed by atoms with E-state index >= 15 is 0 Å². The summed E-state index contributed by atoms with van der Waals surface area (Å²) in [7, 11) is 0. The van der Waals surface area contributed by atoms with Crippen LogP contribution in [0.25, 0.3) is 0 Å². The van der Waals surface area contributed by atoms with Gasteiger partial charge in [-0.2, -0.15) is 0 Å².